The van der Waals surface area contributed by atoms with Crippen LogP contribution in [0, 0.1) is 5.82 Å². The molecule has 2 aliphatic rings. The van der Waals surface area contributed by atoms with Crippen molar-refractivity contribution < 1.29 is 23.5 Å². The minimum Gasteiger partial charge on any atom is -0.390 e. The third kappa shape index (κ3) is 6.98. The fourth-order valence-electron chi connectivity index (χ4n) is 4.01. The van der Waals surface area contributed by atoms with Gasteiger partial charge in [-0.05, 0) is 49.6 Å². The molecule has 32 heavy (non-hydrogen) atoms. The number of hydrogen-bond acceptors (Lipinski definition) is 4. The fraction of sp³-hybridized carbons (Fsp3) is 0.565. The smallest absolute Gasteiger partial charge is 0.246 e. The number of hydrogen-bond donors (Lipinski definition) is 1. The fourth-order valence-corrected chi connectivity index (χ4v) is 4.20. The van der Waals surface area contributed by atoms with Crippen LogP contribution < -0.4 is 0 Å². The summed E-state index contributed by atoms with van der Waals surface area (Å²) in [6, 6.07) is 4.24. The number of halogens is 3. The van der Waals surface area contributed by atoms with E-state index >= 15 is 0 Å². The Hall–Kier alpha value is -2.03. The van der Waals surface area contributed by atoms with Crippen LogP contribution in [0.5, 0.6) is 0 Å². The molecule has 0 unspecified atom stereocenters. The van der Waals surface area contributed by atoms with Crippen molar-refractivity contribution in [2.24, 2.45) is 0 Å². The summed E-state index contributed by atoms with van der Waals surface area (Å²) in [5, 5.41) is 9.47. The van der Waals surface area contributed by atoms with Crippen LogP contribution >= 0.6 is 11.6 Å². The minimum absolute atomic E-state index is 0.00185. The first-order valence-electron chi connectivity index (χ1n) is 11.1. The largest absolute Gasteiger partial charge is 0.390 e. The molecule has 0 aliphatic carbocycles. The molecule has 1 aromatic rings. The van der Waals surface area contributed by atoms with E-state index in [1.54, 1.807) is 21.9 Å². The predicted octanol–water partition coefficient (Wildman–Crippen LogP) is 2.74. The Morgan fingerprint density at radius 2 is 1.97 bits per heavy atom. The number of nitrogens with zero attached hydrogens (tertiary/aromatic N) is 3. The number of rotatable bonds is 7. The van der Waals surface area contributed by atoms with Crippen molar-refractivity contribution >= 4 is 29.5 Å². The van der Waals surface area contributed by atoms with Gasteiger partial charge in [-0.1, -0.05) is 17.7 Å². The van der Waals surface area contributed by atoms with Gasteiger partial charge in [0.1, 0.15) is 12.0 Å². The number of aliphatic hydroxyl groups is 1. The van der Waals surface area contributed by atoms with Crippen molar-refractivity contribution in [2.75, 3.05) is 45.8 Å². The van der Waals surface area contributed by atoms with Gasteiger partial charge in [0.2, 0.25) is 11.8 Å². The molecule has 0 spiro atoms. The van der Waals surface area contributed by atoms with Crippen LogP contribution in [-0.4, -0.2) is 89.7 Å². The van der Waals surface area contributed by atoms with Crippen molar-refractivity contribution in [2.45, 2.75) is 38.0 Å². The van der Waals surface area contributed by atoms with Gasteiger partial charge in [0.15, 0.2) is 0 Å². The average Bonchev–Trinajstić information content (AvgIpc) is 2.96. The van der Waals surface area contributed by atoms with Crippen molar-refractivity contribution in [1.29, 1.82) is 0 Å². The monoisotopic (exact) mass is 469 g/mol. The zero-order valence-electron chi connectivity index (χ0n) is 18.1. The Morgan fingerprint density at radius 1 is 1.19 bits per heavy atom. The van der Waals surface area contributed by atoms with Gasteiger partial charge in [-0.3, -0.25) is 9.59 Å². The minimum atomic E-state index is -1.19. The molecule has 2 fully saturated rings. The molecule has 0 radical (unpaired) electrons. The van der Waals surface area contributed by atoms with Crippen LogP contribution in [-0.2, 0) is 9.59 Å². The van der Waals surface area contributed by atoms with E-state index in [1.807, 2.05) is 4.90 Å². The number of likely N-dealkylation sites (tertiary alicyclic amines) is 1. The Kier molecular flexibility index (Phi) is 9.02. The maximum Gasteiger partial charge on any atom is 0.246 e. The molecule has 0 aromatic heterocycles. The van der Waals surface area contributed by atoms with Gasteiger partial charge in [0.05, 0.1) is 11.1 Å². The molecule has 3 rings (SSSR count). The predicted molar refractivity (Wildman–Crippen MR) is 119 cm³/mol. The Balaban J connectivity index is 1.41. The Morgan fingerprint density at radius 3 is 2.72 bits per heavy atom. The average molecular weight is 470 g/mol. The maximum absolute atomic E-state index is 13.6. The van der Waals surface area contributed by atoms with Gasteiger partial charge in [-0.2, -0.15) is 0 Å². The van der Waals surface area contributed by atoms with Crippen LogP contribution in [0.1, 0.15) is 31.2 Å². The van der Waals surface area contributed by atoms with Gasteiger partial charge in [-0.15, -0.1) is 0 Å². The molecular weight excluding hydrogens is 440 g/mol. The maximum atomic E-state index is 13.6. The van der Waals surface area contributed by atoms with Crippen LogP contribution in [0.25, 0.3) is 6.08 Å². The first kappa shape index (κ1) is 24.6. The zero-order valence-corrected chi connectivity index (χ0v) is 18.8. The lowest BCUT2D eigenvalue weighted by atomic mass is 10.1. The first-order valence-corrected chi connectivity index (χ1v) is 11.5. The van der Waals surface area contributed by atoms with E-state index in [2.05, 4.69) is 0 Å². The topological polar surface area (TPSA) is 64.1 Å². The van der Waals surface area contributed by atoms with E-state index in [4.69, 9.17) is 11.6 Å². The molecule has 2 aliphatic heterocycles. The number of amides is 2. The highest BCUT2D eigenvalue weighted by Crippen LogP contribution is 2.17. The number of piperidine rings is 1. The van der Waals surface area contributed by atoms with Crippen LogP contribution in [0.2, 0.25) is 5.02 Å². The molecule has 1 aromatic carbocycles. The standard InChI is InChI=1S/C23H30ClF2N3O3/c24-18-15-17(3-5-19(18)25)4-6-22(31)29-12-8-23(32)28(13-14-29)10-2-1-9-27-11-7-21(30)20(26)16-27/h3-6,15,20-21,30H,1-2,7-14,16H2/b6-4+/t20-,21-/m0/s1. The highest BCUT2D eigenvalue weighted by molar-refractivity contribution is 6.30. The van der Waals surface area contributed by atoms with Crippen molar-refractivity contribution in [3.8, 4) is 0 Å². The molecule has 2 heterocycles. The summed E-state index contributed by atoms with van der Waals surface area (Å²) < 4.78 is 26.9. The lowest BCUT2D eigenvalue weighted by molar-refractivity contribution is -0.130. The molecule has 2 saturated heterocycles. The molecule has 6 nitrogen and oxygen atoms in total. The van der Waals surface area contributed by atoms with Crippen molar-refractivity contribution in [3.63, 3.8) is 0 Å². The third-order valence-electron chi connectivity index (χ3n) is 6.01. The quantitative estimate of drug-likeness (QED) is 0.492. The molecule has 1 N–H and O–H groups in total. The lowest BCUT2D eigenvalue weighted by Gasteiger charge is -2.32. The van der Waals surface area contributed by atoms with Crippen LogP contribution in [0.3, 0.4) is 0 Å². The molecule has 9 heteroatoms. The van der Waals surface area contributed by atoms with Gasteiger partial charge < -0.3 is 19.8 Å². The number of aliphatic hydroxyl groups excluding tert-OH is 1. The Bertz CT molecular complexity index is 839. The van der Waals surface area contributed by atoms with E-state index in [0.29, 0.717) is 44.7 Å². The normalized spacial score (nSPS) is 23.1. The van der Waals surface area contributed by atoms with Crippen molar-refractivity contribution in [1.82, 2.24) is 14.7 Å². The van der Waals surface area contributed by atoms with Gasteiger partial charge in [-0.25, -0.2) is 8.78 Å². The summed E-state index contributed by atoms with van der Waals surface area (Å²) >= 11 is 5.76. The molecule has 0 saturated carbocycles. The number of alkyl halides is 1. The second-order valence-corrected chi connectivity index (χ2v) is 8.75. The molecule has 176 valence electrons. The first-order chi connectivity index (χ1) is 15.3. The van der Waals surface area contributed by atoms with Crippen molar-refractivity contribution in [3.05, 3.63) is 40.7 Å². The van der Waals surface area contributed by atoms with Crippen LogP contribution in [0.15, 0.2) is 24.3 Å². The van der Waals surface area contributed by atoms with Gasteiger partial charge in [0, 0.05) is 51.8 Å². The lowest BCUT2D eigenvalue weighted by Crippen LogP contribution is -2.44. The van der Waals surface area contributed by atoms with E-state index in [0.717, 1.165) is 19.4 Å². The van der Waals surface area contributed by atoms with Gasteiger partial charge >= 0.3 is 0 Å². The molecular formula is C23H30ClF2N3O3. The summed E-state index contributed by atoms with van der Waals surface area (Å²) in [5.74, 6) is -0.685. The van der Waals surface area contributed by atoms with E-state index in [1.165, 1.54) is 18.2 Å². The van der Waals surface area contributed by atoms with E-state index < -0.39 is 18.1 Å². The highest BCUT2D eigenvalue weighted by Gasteiger charge is 2.27. The van der Waals surface area contributed by atoms with E-state index in [9.17, 15) is 23.5 Å². The number of unbranched alkanes of at least 4 members (excludes halogenated alkanes) is 1. The van der Waals surface area contributed by atoms with E-state index in [-0.39, 0.29) is 29.8 Å². The molecule has 2 amide bonds. The summed E-state index contributed by atoms with van der Waals surface area (Å²) in [6.45, 7) is 3.60. The van der Waals surface area contributed by atoms with Gasteiger partial charge in [0.25, 0.3) is 0 Å². The highest BCUT2D eigenvalue weighted by atomic mass is 35.5. The zero-order chi connectivity index (χ0) is 23.1. The number of carbonyl (C=O) groups is 2. The SMILES string of the molecule is O=C(/C=C/c1ccc(F)c(Cl)c1)N1CCC(=O)N(CCCCN2CC[C@H](O)[C@@H](F)C2)CC1. The number of benzene rings is 1. The summed E-state index contributed by atoms with van der Waals surface area (Å²) in [6.07, 6.45) is 3.34. The second kappa shape index (κ2) is 11.7. The van der Waals surface area contributed by atoms with Crippen LogP contribution in [0.4, 0.5) is 8.78 Å². The molecule has 0 bridgehead atoms. The summed E-state index contributed by atoms with van der Waals surface area (Å²) in [5.41, 5.74) is 0.625. The third-order valence-corrected chi connectivity index (χ3v) is 6.30. The summed E-state index contributed by atoms with van der Waals surface area (Å²) in [7, 11) is 0. The number of carbonyl (C=O) groups excluding carboxylic acids is 2. The summed E-state index contributed by atoms with van der Waals surface area (Å²) in [4.78, 5) is 30.4. The Labute approximate surface area is 192 Å². The molecule has 2 atom stereocenters. The second-order valence-electron chi connectivity index (χ2n) is 8.34.